The maximum absolute atomic E-state index is 9.32. The summed E-state index contributed by atoms with van der Waals surface area (Å²) >= 11 is 0. The van der Waals surface area contributed by atoms with E-state index in [4.69, 9.17) is 10.5 Å². The minimum absolute atomic E-state index is 0.158. The average Bonchev–Trinajstić information content (AvgIpc) is 2.82. The van der Waals surface area contributed by atoms with Crippen LogP contribution in [0.3, 0.4) is 0 Å². The first-order valence-corrected chi connectivity index (χ1v) is 6.32. The molecule has 5 heteroatoms. The Kier molecular flexibility index (Phi) is 3.26. The number of nitrogens with zero attached hydrogens (tertiary/aromatic N) is 2. The molecular formula is C15H15N3O2. The standard InChI is InChI=1S/C15H15N3O2/c16-14-12(9-19)18-8-4-7-13(15(18)17-14)20-10-11-5-2-1-3-6-11/h1-8,19H,9-10,16H2. The molecule has 102 valence electrons. The van der Waals surface area contributed by atoms with Crippen LogP contribution in [0.15, 0.2) is 48.7 Å². The van der Waals surface area contributed by atoms with Gasteiger partial charge in [-0.25, -0.2) is 4.98 Å². The van der Waals surface area contributed by atoms with Gasteiger partial charge in [0.1, 0.15) is 12.4 Å². The van der Waals surface area contributed by atoms with Gasteiger partial charge in [0, 0.05) is 6.20 Å². The van der Waals surface area contributed by atoms with E-state index in [0.717, 1.165) is 5.56 Å². The molecule has 0 radical (unpaired) electrons. The predicted molar refractivity (Wildman–Crippen MR) is 76.3 cm³/mol. The largest absolute Gasteiger partial charge is 0.485 e. The lowest BCUT2D eigenvalue weighted by atomic mass is 10.2. The van der Waals surface area contributed by atoms with Gasteiger partial charge in [0.2, 0.25) is 0 Å². The van der Waals surface area contributed by atoms with E-state index in [9.17, 15) is 5.11 Å². The summed E-state index contributed by atoms with van der Waals surface area (Å²) in [5, 5.41) is 9.32. The van der Waals surface area contributed by atoms with Crippen LogP contribution in [0.4, 0.5) is 5.82 Å². The number of anilines is 1. The van der Waals surface area contributed by atoms with Crippen LogP contribution in [0.2, 0.25) is 0 Å². The van der Waals surface area contributed by atoms with E-state index in [1.807, 2.05) is 42.5 Å². The minimum Gasteiger partial charge on any atom is -0.485 e. The minimum atomic E-state index is -0.158. The van der Waals surface area contributed by atoms with Crippen molar-refractivity contribution >= 4 is 11.5 Å². The number of rotatable bonds is 4. The fraction of sp³-hybridized carbons (Fsp3) is 0.133. The van der Waals surface area contributed by atoms with Crippen LogP contribution < -0.4 is 10.5 Å². The summed E-state index contributed by atoms with van der Waals surface area (Å²) in [7, 11) is 0. The zero-order chi connectivity index (χ0) is 13.9. The topological polar surface area (TPSA) is 72.8 Å². The Morgan fingerprint density at radius 2 is 1.95 bits per heavy atom. The van der Waals surface area contributed by atoms with Gasteiger partial charge in [0.25, 0.3) is 0 Å². The number of fused-ring (bicyclic) bond motifs is 1. The number of benzene rings is 1. The molecule has 1 aromatic carbocycles. The van der Waals surface area contributed by atoms with E-state index in [0.29, 0.717) is 29.5 Å². The van der Waals surface area contributed by atoms with Crippen LogP contribution >= 0.6 is 0 Å². The molecule has 2 heterocycles. The Bertz CT molecular complexity index is 723. The van der Waals surface area contributed by atoms with Crippen molar-refractivity contribution in [3.8, 4) is 5.75 Å². The molecule has 0 atom stereocenters. The van der Waals surface area contributed by atoms with E-state index < -0.39 is 0 Å². The highest BCUT2D eigenvalue weighted by Gasteiger charge is 2.12. The second-order valence-electron chi connectivity index (χ2n) is 4.44. The summed E-state index contributed by atoms with van der Waals surface area (Å²) in [5.74, 6) is 0.964. The molecule has 5 nitrogen and oxygen atoms in total. The highest BCUT2D eigenvalue weighted by Crippen LogP contribution is 2.24. The van der Waals surface area contributed by atoms with Crippen molar-refractivity contribution in [2.24, 2.45) is 0 Å². The molecule has 20 heavy (non-hydrogen) atoms. The van der Waals surface area contributed by atoms with E-state index in [-0.39, 0.29) is 6.61 Å². The quantitative estimate of drug-likeness (QED) is 0.759. The van der Waals surface area contributed by atoms with Crippen LogP contribution in [-0.4, -0.2) is 14.5 Å². The van der Waals surface area contributed by atoms with Crippen LogP contribution in [-0.2, 0) is 13.2 Å². The second kappa shape index (κ2) is 5.22. The van der Waals surface area contributed by atoms with Crippen molar-refractivity contribution in [3.63, 3.8) is 0 Å². The van der Waals surface area contributed by atoms with Crippen LogP contribution in [0.25, 0.3) is 5.65 Å². The molecular weight excluding hydrogens is 254 g/mol. The van der Waals surface area contributed by atoms with E-state index in [2.05, 4.69) is 4.98 Å². The molecule has 0 aliphatic carbocycles. The molecule has 0 aliphatic rings. The number of nitrogen functional groups attached to an aromatic ring is 1. The smallest absolute Gasteiger partial charge is 0.182 e. The summed E-state index contributed by atoms with van der Waals surface area (Å²) in [6.45, 7) is 0.302. The van der Waals surface area contributed by atoms with Gasteiger partial charge in [-0.1, -0.05) is 30.3 Å². The van der Waals surface area contributed by atoms with Gasteiger partial charge in [0.15, 0.2) is 11.4 Å². The van der Waals surface area contributed by atoms with Gasteiger partial charge in [-0.15, -0.1) is 0 Å². The molecule has 0 spiro atoms. The van der Waals surface area contributed by atoms with Gasteiger partial charge in [-0.3, -0.25) is 4.40 Å². The molecule has 0 amide bonds. The van der Waals surface area contributed by atoms with E-state index >= 15 is 0 Å². The van der Waals surface area contributed by atoms with Crippen LogP contribution in [0, 0.1) is 0 Å². The van der Waals surface area contributed by atoms with E-state index in [1.165, 1.54) is 0 Å². The summed E-state index contributed by atoms with van der Waals surface area (Å²) in [4.78, 5) is 4.25. The third kappa shape index (κ3) is 2.19. The van der Waals surface area contributed by atoms with Crippen molar-refractivity contribution < 1.29 is 9.84 Å². The van der Waals surface area contributed by atoms with Gasteiger partial charge in [-0.2, -0.15) is 0 Å². The third-order valence-electron chi connectivity index (χ3n) is 3.13. The summed E-state index contributed by atoms with van der Waals surface area (Å²) < 4.78 is 7.54. The molecule has 3 aromatic rings. The Hall–Kier alpha value is -2.53. The first kappa shape index (κ1) is 12.5. The summed E-state index contributed by atoms with van der Waals surface area (Å²) in [6, 6.07) is 13.6. The number of hydrogen-bond donors (Lipinski definition) is 2. The number of ether oxygens (including phenoxy) is 1. The maximum atomic E-state index is 9.32. The highest BCUT2D eigenvalue weighted by atomic mass is 16.5. The molecule has 2 aromatic heterocycles. The van der Waals surface area contributed by atoms with Gasteiger partial charge in [-0.05, 0) is 17.7 Å². The number of nitrogens with two attached hydrogens (primary N) is 1. The Morgan fingerprint density at radius 1 is 1.15 bits per heavy atom. The number of pyridine rings is 1. The number of hydrogen-bond acceptors (Lipinski definition) is 4. The zero-order valence-electron chi connectivity index (χ0n) is 10.9. The van der Waals surface area contributed by atoms with E-state index in [1.54, 1.807) is 10.6 Å². The molecule has 0 aliphatic heterocycles. The third-order valence-corrected chi connectivity index (χ3v) is 3.13. The van der Waals surface area contributed by atoms with Crippen LogP contribution in [0.5, 0.6) is 5.75 Å². The highest BCUT2D eigenvalue weighted by molar-refractivity contribution is 5.60. The monoisotopic (exact) mass is 269 g/mol. The first-order chi connectivity index (χ1) is 9.79. The summed E-state index contributed by atoms with van der Waals surface area (Å²) in [6.07, 6.45) is 1.81. The van der Waals surface area contributed by atoms with Gasteiger partial charge >= 0.3 is 0 Å². The second-order valence-corrected chi connectivity index (χ2v) is 4.44. The zero-order valence-corrected chi connectivity index (χ0v) is 10.9. The van der Waals surface area contributed by atoms with Crippen molar-refractivity contribution in [1.29, 1.82) is 0 Å². The van der Waals surface area contributed by atoms with Crippen molar-refractivity contribution in [3.05, 3.63) is 59.9 Å². The molecule has 3 rings (SSSR count). The van der Waals surface area contributed by atoms with Crippen molar-refractivity contribution in [2.75, 3.05) is 5.73 Å². The number of aliphatic hydroxyl groups is 1. The first-order valence-electron chi connectivity index (χ1n) is 6.32. The fourth-order valence-corrected chi connectivity index (χ4v) is 2.11. The van der Waals surface area contributed by atoms with Crippen molar-refractivity contribution in [2.45, 2.75) is 13.2 Å². The lowest BCUT2D eigenvalue weighted by Gasteiger charge is -2.07. The molecule has 0 saturated carbocycles. The normalized spacial score (nSPS) is 10.8. The number of aliphatic hydroxyl groups excluding tert-OH is 1. The van der Waals surface area contributed by atoms with Crippen LogP contribution in [0.1, 0.15) is 11.3 Å². The maximum Gasteiger partial charge on any atom is 0.182 e. The Morgan fingerprint density at radius 3 is 2.70 bits per heavy atom. The molecule has 0 fully saturated rings. The van der Waals surface area contributed by atoms with Gasteiger partial charge in [0.05, 0.1) is 12.3 Å². The lowest BCUT2D eigenvalue weighted by molar-refractivity contribution is 0.276. The molecule has 0 saturated heterocycles. The van der Waals surface area contributed by atoms with Crippen molar-refractivity contribution in [1.82, 2.24) is 9.38 Å². The summed E-state index contributed by atoms with van der Waals surface area (Å²) in [5.41, 5.74) is 8.06. The Balaban J connectivity index is 1.92. The fourth-order valence-electron chi connectivity index (χ4n) is 2.11. The Labute approximate surface area is 116 Å². The number of imidazole rings is 1. The predicted octanol–water partition coefficient (Wildman–Crippen LogP) is 1.99. The molecule has 0 bridgehead atoms. The molecule has 3 N–H and O–H groups in total. The van der Waals surface area contributed by atoms with Gasteiger partial charge < -0.3 is 15.6 Å². The SMILES string of the molecule is Nc1nc2c(OCc3ccccc3)cccn2c1CO. The lowest BCUT2D eigenvalue weighted by Crippen LogP contribution is -1.99. The average molecular weight is 269 g/mol. The number of aromatic nitrogens is 2. The molecule has 0 unspecified atom stereocenters.